The summed E-state index contributed by atoms with van der Waals surface area (Å²) in [5, 5.41) is 2.87. The zero-order valence-corrected chi connectivity index (χ0v) is 24.1. The molecule has 1 aliphatic carbocycles. The number of rotatable bonds is 5. The van der Waals surface area contributed by atoms with E-state index in [4.69, 9.17) is 14.2 Å². The van der Waals surface area contributed by atoms with E-state index in [2.05, 4.69) is 12.2 Å². The first-order chi connectivity index (χ1) is 19.2. The molecule has 1 N–H and O–H groups in total. The molecular formula is C31H41N3O6. The number of carbonyl (C=O) groups excluding carboxylic acids is 3. The van der Waals surface area contributed by atoms with Crippen LogP contribution in [0.4, 0.5) is 5.69 Å². The minimum atomic E-state index is -0.323. The molecule has 2 aromatic carbocycles. The Bertz CT molecular complexity index is 1210. The Labute approximate surface area is 236 Å². The largest absolute Gasteiger partial charge is 0.497 e. The van der Waals surface area contributed by atoms with Gasteiger partial charge in [-0.25, -0.2) is 0 Å². The third kappa shape index (κ3) is 6.75. The van der Waals surface area contributed by atoms with Gasteiger partial charge in [0.15, 0.2) is 0 Å². The molecular weight excluding hydrogens is 510 g/mol. The Morgan fingerprint density at radius 3 is 2.48 bits per heavy atom. The van der Waals surface area contributed by atoms with Crippen LogP contribution in [0.1, 0.15) is 60.2 Å². The Morgan fingerprint density at radius 1 is 1.02 bits per heavy atom. The highest BCUT2D eigenvalue weighted by Crippen LogP contribution is 2.30. The molecule has 2 aliphatic rings. The second kappa shape index (κ2) is 13.2. The van der Waals surface area contributed by atoms with Gasteiger partial charge in [-0.05, 0) is 56.2 Å². The lowest BCUT2D eigenvalue weighted by molar-refractivity contribution is -0.139. The number of anilines is 1. The van der Waals surface area contributed by atoms with E-state index < -0.39 is 0 Å². The van der Waals surface area contributed by atoms with Crippen molar-refractivity contribution in [2.75, 3.05) is 46.3 Å². The summed E-state index contributed by atoms with van der Waals surface area (Å²) in [7, 11) is 4.91. The highest BCUT2D eigenvalue weighted by molar-refractivity contribution is 6.05. The summed E-state index contributed by atoms with van der Waals surface area (Å²) >= 11 is 0. The van der Waals surface area contributed by atoms with Gasteiger partial charge in [0.25, 0.3) is 11.8 Å². The number of nitrogens with one attached hydrogen (secondary N) is 1. The second-order valence-electron chi connectivity index (χ2n) is 11.0. The number of carbonyl (C=O) groups is 3. The Balaban J connectivity index is 1.62. The topological polar surface area (TPSA) is 97.4 Å². The Kier molecular flexibility index (Phi) is 9.68. The molecule has 0 aromatic heterocycles. The molecule has 0 unspecified atom stereocenters. The van der Waals surface area contributed by atoms with Gasteiger partial charge in [-0.1, -0.05) is 25.8 Å². The summed E-state index contributed by atoms with van der Waals surface area (Å²) in [6, 6.07) is 11.7. The maximum atomic E-state index is 13.6. The van der Waals surface area contributed by atoms with Crippen LogP contribution in [0, 0.1) is 11.8 Å². The van der Waals surface area contributed by atoms with E-state index in [0.717, 1.165) is 25.7 Å². The fourth-order valence-corrected chi connectivity index (χ4v) is 5.54. The first-order valence-electron chi connectivity index (χ1n) is 14.0. The van der Waals surface area contributed by atoms with Crippen molar-refractivity contribution < 1.29 is 28.6 Å². The van der Waals surface area contributed by atoms with Crippen LogP contribution < -0.4 is 14.8 Å². The van der Waals surface area contributed by atoms with Crippen molar-refractivity contribution in [2.24, 2.45) is 11.8 Å². The van der Waals surface area contributed by atoms with Gasteiger partial charge in [0, 0.05) is 50.3 Å². The first-order valence-corrected chi connectivity index (χ1v) is 14.0. The molecule has 9 heteroatoms. The van der Waals surface area contributed by atoms with Crippen molar-refractivity contribution in [2.45, 2.75) is 51.7 Å². The number of likely N-dealkylation sites (N-methyl/N-ethyl adjacent to an activating group) is 1. The quantitative estimate of drug-likeness (QED) is 0.589. The van der Waals surface area contributed by atoms with Gasteiger partial charge >= 0.3 is 0 Å². The predicted octanol–water partition coefficient (Wildman–Crippen LogP) is 4.47. The molecule has 4 rings (SSSR count). The third-order valence-corrected chi connectivity index (χ3v) is 8.02. The number of ether oxygens (including phenoxy) is 3. The van der Waals surface area contributed by atoms with Crippen molar-refractivity contribution in [3.63, 3.8) is 0 Å². The molecule has 40 heavy (non-hydrogen) atoms. The van der Waals surface area contributed by atoms with Crippen molar-refractivity contribution in [1.29, 1.82) is 0 Å². The van der Waals surface area contributed by atoms with Gasteiger partial charge in [0.1, 0.15) is 18.1 Å². The summed E-state index contributed by atoms with van der Waals surface area (Å²) < 4.78 is 17.2. The van der Waals surface area contributed by atoms with Gasteiger partial charge in [-0.15, -0.1) is 0 Å². The summed E-state index contributed by atoms with van der Waals surface area (Å²) in [4.78, 5) is 43.7. The van der Waals surface area contributed by atoms with Crippen LogP contribution in [-0.4, -0.2) is 80.6 Å². The summed E-state index contributed by atoms with van der Waals surface area (Å²) in [5.74, 6) is 0.639. The van der Waals surface area contributed by atoms with E-state index in [-0.39, 0.29) is 48.3 Å². The van der Waals surface area contributed by atoms with E-state index in [9.17, 15) is 14.4 Å². The molecule has 3 atom stereocenters. The average molecular weight is 552 g/mol. The average Bonchev–Trinajstić information content (AvgIpc) is 3.51. The molecule has 3 amide bonds. The minimum Gasteiger partial charge on any atom is -0.497 e. The molecule has 0 spiro atoms. The lowest BCUT2D eigenvalue weighted by Gasteiger charge is -2.37. The van der Waals surface area contributed by atoms with Crippen LogP contribution in [0.25, 0.3) is 0 Å². The molecule has 9 nitrogen and oxygen atoms in total. The summed E-state index contributed by atoms with van der Waals surface area (Å²) in [6.45, 7) is 5.16. The maximum absolute atomic E-state index is 13.6. The van der Waals surface area contributed by atoms with Crippen molar-refractivity contribution >= 4 is 23.4 Å². The third-order valence-electron chi connectivity index (χ3n) is 8.02. The van der Waals surface area contributed by atoms with Crippen molar-refractivity contribution in [3.05, 3.63) is 53.6 Å². The van der Waals surface area contributed by atoms with Crippen LogP contribution in [0.15, 0.2) is 42.5 Å². The van der Waals surface area contributed by atoms with Gasteiger partial charge in [0.2, 0.25) is 5.91 Å². The van der Waals surface area contributed by atoms with Crippen molar-refractivity contribution in [1.82, 2.24) is 9.80 Å². The number of nitrogens with zero attached hydrogens (tertiary/aromatic N) is 2. The van der Waals surface area contributed by atoms with E-state index in [1.165, 1.54) is 0 Å². The molecule has 216 valence electrons. The van der Waals surface area contributed by atoms with E-state index >= 15 is 0 Å². The zero-order chi connectivity index (χ0) is 28.8. The SMILES string of the molecule is COc1cccc(C(=O)Nc2ccc3c(c2)C(=O)N(C)C[C@@H](OC)[C@@H](C)CN(C(=O)C2CCCC2)[C@@H](C)CO3)c1. The number of benzene rings is 2. The number of hydrogen-bond donors (Lipinski definition) is 1. The molecule has 2 aromatic rings. The van der Waals surface area contributed by atoms with Crippen LogP contribution in [-0.2, 0) is 9.53 Å². The molecule has 1 aliphatic heterocycles. The summed E-state index contributed by atoms with van der Waals surface area (Å²) in [6.07, 6.45) is 3.76. The van der Waals surface area contributed by atoms with Crippen LogP contribution >= 0.6 is 0 Å². The van der Waals surface area contributed by atoms with Gasteiger partial charge in [-0.2, -0.15) is 0 Å². The van der Waals surface area contributed by atoms with Crippen LogP contribution in [0.5, 0.6) is 11.5 Å². The fourth-order valence-electron chi connectivity index (χ4n) is 5.54. The molecule has 0 bridgehead atoms. The number of methoxy groups -OCH3 is 2. The normalized spacial score (nSPS) is 22.5. The lowest BCUT2D eigenvalue weighted by Crippen LogP contribution is -2.50. The highest BCUT2D eigenvalue weighted by atomic mass is 16.5. The Morgan fingerprint density at radius 2 is 1.77 bits per heavy atom. The zero-order valence-electron chi connectivity index (χ0n) is 24.1. The number of fused-ring (bicyclic) bond motifs is 1. The first kappa shape index (κ1) is 29.4. The van der Waals surface area contributed by atoms with Crippen molar-refractivity contribution in [3.8, 4) is 11.5 Å². The van der Waals surface area contributed by atoms with E-state index in [0.29, 0.717) is 41.4 Å². The van der Waals surface area contributed by atoms with Crippen LogP contribution in [0.3, 0.4) is 0 Å². The van der Waals surface area contributed by atoms with E-state index in [1.807, 2.05) is 11.8 Å². The maximum Gasteiger partial charge on any atom is 0.257 e. The molecule has 1 heterocycles. The number of hydrogen-bond acceptors (Lipinski definition) is 6. The smallest absolute Gasteiger partial charge is 0.257 e. The fraction of sp³-hybridized carbons (Fsp3) is 0.516. The lowest BCUT2D eigenvalue weighted by atomic mass is 9.99. The van der Waals surface area contributed by atoms with Gasteiger partial charge in [-0.3, -0.25) is 14.4 Å². The summed E-state index contributed by atoms with van der Waals surface area (Å²) in [5.41, 5.74) is 1.23. The monoisotopic (exact) mass is 551 g/mol. The van der Waals surface area contributed by atoms with Gasteiger partial charge in [0.05, 0.1) is 24.8 Å². The predicted molar refractivity (Wildman–Crippen MR) is 153 cm³/mol. The Hall–Kier alpha value is -3.59. The molecule has 0 radical (unpaired) electrons. The molecule has 0 saturated heterocycles. The van der Waals surface area contributed by atoms with Gasteiger partial charge < -0.3 is 29.3 Å². The number of amides is 3. The highest BCUT2D eigenvalue weighted by Gasteiger charge is 2.34. The minimum absolute atomic E-state index is 0.000404. The van der Waals surface area contributed by atoms with E-state index in [1.54, 1.807) is 68.6 Å². The molecule has 1 saturated carbocycles. The van der Waals surface area contributed by atoms with Crippen LogP contribution in [0.2, 0.25) is 0 Å². The molecule has 1 fully saturated rings. The standard InChI is InChI=1S/C31H41N3O6/c1-20-17-34(30(36)22-9-6-7-10-22)21(2)19-40-27-14-13-24(16-26(27)31(37)33(3)18-28(20)39-5)32-29(35)23-11-8-12-25(15-23)38-4/h8,11-16,20-22,28H,6-7,9-10,17-19H2,1-5H3,(H,32,35)/t20-,21-,28+/m0/s1. The second-order valence-corrected chi connectivity index (χ2v) is 11.0.